The maximum Gasteiger partial charge on any atom is 0.225 e. The lowest BCUT2D eigenvalue weighted by atomic mass is 10.3. The summed E-state index contributed by atoms with van der Waals surface area (Å²) in [6, 6.07) is 1.85. The Morgan fingerprint density at radius 2 is 1.90 bits per heavy atom. The number of nitrogens with zero attached hydrogens (tertiary/aromatic N) is 5. The average molecular weight is 324 g/mol. The maximum absolute atomic E-state index is 5.78. The molecule has 3 rings (SSSR count). The number of halogens is 1. The van der Waals surface area contributed by atoms with Crippen molar-refractivity contribution in [3.8, 4) is 0 Å². The summed E-state index contributed by atoms with van der Waals surface area (Å²) in [5.74, 6) is 1.34. The maximum atomic E-state index is 5.78. The van der Waals surface area contributed by atoms with E-state index in [1.807, 2.05) is 11.4 Å². The molecule has 0 saturated carbocycles. The molecule has 0 N–H and O–H groups in total. The van der Waals surface area contributed by atoms with Gasteiger partial charge in [0, 0.05) is 56.9 Å². The minimum absolute atomic E-state index is 0.506. The van der Waals surface area contributed by atoms with E-state index < -0.39 is 0 Å². The van der Waals surface area contributed by atoms with Crippen molar-refractivity contribution in [3.05, 3.63) is 34.5 Å². The van der Waals surface area contributed by atoms with Crippen molar-refractivity contribution in [1.82, 2.24) is 19.9 Å². The van der Waals surface area contributed by atoms with Crippen LogP contribution in [0.15, 0.2) is 23.8 Å². The molecule has 0 unspecified atom stereocenters. The predicted molar refractivity (Wildman–Crippen MR) is 86.1 cm³/mol. The van der Waals surface area contributed by atoms with E-state index in [1.54, 1.807) is 23.7 Å². The molecular formula is C14H18ClN5S. The van der Waals surface area contributed by atoms with Crippen molar-refractivity contribution >= 4 is 28.9 Å². The molecule has 2 aromatic heterocycles. The Hall–Kier alpha value is -1.24. The molecule has 0 atom stereocenters. The molecule has 0 amide bonds. The van der Waals surface area contributed by atoms with Crippen molar-refractivity contribution in [2.45, 2.75) is 12.3 Å². The van der Waals surface area contributed by atoms with Gasteiger partial charge in [-0.1, -0.05) is 0 Å². The molecule has 112 valence electrons. The predicted octanol–water partition coefficient (Wildman–Crippen LogP) is 2.04. The highest BCUT2D eigenvalue weighted by Crippen LogP contribution is 2.14. The number of rotatable bonds is 5. The highest BCUT2D eigenvalue weighted by Gasteiger charge is 2.18. The molecule has 0 radical (unpaired) electrons. The quantitative estimate of drug-likeness (QED) is 0.788. The molecule has 1 aliphatic rings. The fraction of sp³-hybridized carbons (Fsp3) is 0.500. The molecule has 1 saturated heterocycles. The molecule has 0 aliphatic carbocycles. The van der Waals surface area contributed by atoms with Crippen LogP contribution in [-0.4, -0.2) is 52.6 Å². The van der Waals surface area contributed by atoms with Gasteiger partial charge in [0.05, 0.1) is 16.6 Å². The first-order chi connectivity index (χ1) is 10.3. The van der Waals surface area contributed by atoms with Crippen molar-refractivity contribution in [2.24, 2.45) is 0 Å². The number of aromatic nitrogens is 3. The van der Waals surface area contributed by atoms with Gasteiger partial charge in [0.2, 0.25) is 5.95 Å². The van der Waals surface area contributed by atoms with Crippen LogP contribution in [0.4, 0.5) is 5.95 Å². The number of anilines is 1. The van der Waals surface area contributed by atoms with Crippen LogP contribution in [-0.2, 0) is 12.3 Å². The van der Waals surface area contributed by atoms with E-state index in [9.17, 15) is 0 Å². The van der Waals surface area contributed by atoms with E-state index in [0.717, 1.165) is 50.8 Å². The lowest BCUT2D eigenvalue weighted by Gasteiger charge is -2.34. The Kier molecular flexibility index (Phi) is 5.00. The van der Waals surface area contributed by atoms with Gasteiger partial charge in [-0.3, -0.25) is 4.90 Å². The summed E-state index contributed by atoms with van der Waals surface area (Å²) >= 11 is 7.49. The lowest BCUT2D eigenvalue weighted by molar-refractivity contribution is 0.259. The summed E-state index contributed by atoms with van der Waals surface area (Å²) in [6.07, 6.45) is 4.60. The van der Waals surface area contributed by atoms with E-state index in [-0.39, 0.29) is 0 Å². The van der Waals surface area contributed by atoms with Crippen LogP contribution in [0.25, 0.3) is 0 Å². The lowest BCUT2D eigenvalue weighted by Crippen LogP contribution is -2.47. The van der Waals surface area contributed by atoms with Crippen LogP contribution in [0, 0.1) is 0 Å². The van der Waals surface area contributed by atoms with E-state index in [2.05, 4.69) is 24.8 Å². The van der Waals surface area contributed by atoms with Crippen LogP contribution >= 0.6 is 22.9 Å². The third-order valence-electron chi connectivity index (χ3n) is 3.59. The van der Waals surface area contributed by atoms with Gasteiger partial charge in [0.25, 0.3) is 0 Å². The Labute approximate surface area is 133 Å². The van der Waals surface area contributed by atoms with Crippen LogP contribution in [0.1, 0.15) is 10.7 Å². The molecule has 3 heterocycles. The average Bonchev–Trinajstić information content (AvgIpc) is 3.02. The van der Waals surface area contributed by atoms with E-state index in [4.69, 9.17) is 11.6 Å². The second-order valence-corrected chi connectivity index (χ2v) is 6.20. The Morgan fingerprint density at radius 3 is 2.57 bits per heavy atom. The van der Waals surface area contributed by atoms with Gasteiger partial charge in [0.1, 0.15) is 0 Å². The Morgan fingerprint density at radius 1 is 1.14 bits per heavy atom. The van der Waals surface area contributed by atoms with Crippen molar-refractivity contribution in [1.29, 1.82) is 0 Å². The van der Waals surface area contributed by atoms with Crippen LogP contribution in [0.2, 0.25) is 0 Å². The van der Waals surface area contributed by atoms with Gasteiger partial charge in [-0.15, -0.1) is 22.9 Å². The summed E-state index contributed by atoms with van der Waals surface area (Å²) < 4.78 is 0. The molecule has 21 heavy (non-hydrogen) atoms. The summed E-state index contributed by atoms with van der Waals surface area (Å²) in [5.41, 5.74) is 0.989. The van der Waals surface area contributed by atoms with Crippen molar-refractivity contribution < 1.29 is 0 Å². The largest absolute Gasteiger partial charge is 0.338 e. The summed E-state index contributed by atoms with van der Waals surface area (Å²) in [6.45, 7) is 5.11. The van der Waals surface area contributed by atoms with Gasteiger partial charge in [0.15, 0.2) is 0 Å². The normalized spacial score (nSPS) is 16.3. The highest BCUT2D eigenvalue weighted by molar-refractivity contribution is 7.09. The fourth-order valence-corrected chi connectivity index (χ4v) is 3.42. The number of alkyl halides is 1. The van der Waals surface area contributed by atoms with Crippen molar-refractivity contribution in [3.63, 3.8) is 0 Å². The monoisotopic (exact) mass is 323 g/mol. The molecular weight excluding hydrogens is 306 g/mol. The smallest absolute Gasteiger partial charge is 0.225 e. The second kappa shape index (κ2) is 7.15. The van der Waals surface area contributed by atoms with Gasteiger partial charge in [-0.25, -0.2) is 15.0 Å². The minimum atomic E-state index is 0.506. The van der Waals surface area contributed by atoms with E-state index in [0.29, 0.717) is 5.88 Å². The van der Waals surface area contributed by atoms with E-state index in [1.165, 1.54) is 5.01 Å². The highest BCUT2D eigenvalue weighted by atomic mass is 35.5. The number of piperazine rings is 1. The van der Waals surface area contributed by atoms with Crippen LogP contribution in [0.5, 0.6) is 0 Å². The topological polar surface area (TPSA) is 45.2 Å². The zero-order valence-corrected chi connectivity index (χ0v) is 13.4. The summed E-state index contributed by atoms with van der Waals surface area (Å²) in [5, 5.41) is 3.23. The molecule has 1 aliphatic heterocycles. The minimum Gasteiger partial charge on any atom is -0.338 e. The molecule has 7 heteroatoms. The first-order valence-electron chi connectivity index (χ1n) is 7.09. The molecule has 0 bridgehead atoms. The fourth-order valence-electron chi connectivity index (χ4n) is 2.40. The molecule has 0 aromatic carbocycles. The molecule has 2 aromatic rings. The molecule has 5 nitrogen and oxygen atoms in total. The first-order valence-corrected chi connectivity index (χ1v) is 8.50. The number of hydrogen-bond donors (Lipinski definition) is 0. The van der Waals surface area contributed by atoms with Gasteiger partial charge >= 0.3 is 0 Å². The van der Waals surface area contributed by atoms with Crippen LogP contribution < -0.4 is 4.90 Å². The molecule has 1 fully saturated rings. The Balaban J connectivity index is 1.45. The zero-order valence-electron chi connectivity index (χ0n) is 11.8. The first kappa shape index (κ1) is 14.7. The van der Waals surface area contributed by atoms with Gasteiger partial charge < -0.3 is 4.90 Å². The van der Waals surface area contributed by atoms with E-state index >= 15 is 0 Å². The zero-order chi connectivity index (χ0) is 14.5. The molecule has 0 spiro atoms. The standard InChI is InChI=1S/C14H18ClN5S/c15-10-12-11-21-13(18-12)2-5-19-6-8-20(9-7-19)14-16-3-1-4-17-14/h1,3-4,11H,2,5-10H2. The second-order valence-electron chi connectivity index (χ2n) is 4.99. The number of hydrogen-bond acceptors (Lipinski definition) is 6. The van der Waals surface area contributed by atoms with Gasteiger partial charge in [-0.05, 0) is 6.07 Å². The SMILES string of the molecule is ClCc1csc(CCN2CCN(c3ncccn3)CC2)n1. The van der Waals surface area contributed by atoms with Crippen LogP contribution in [0.3, 0.4) is 0 Å². The summed E-state index contributed by atoms with van der Waals surface area (Å²) in [7, 11) is 0. The van der Waals surface area contributed by atoms with Crippen molar-refractivity contribution in [2.75, 3.05) is 37.6 Å². The Bertz CT molecular complexity index is 554. The number of thiazole rings is 1. The third-order valence-corrected chi connectivity index (χ3v) is 4.82. The summed E-state index contributed by atoms with van der Waals surface area (Å²) in [4.78, 5) is 17.8. The van der Waals surface area contributed by atoms with Gasteiger partial charge in [-0.2, -0.15) is 0 Å². The third kappa shape index (κ3) is 3.90.